The molecule has 0 aliphatic carbocycles. The van der Waals surface area contributed by atoms with Gasteiger partial charge in [0.15, 0.2) is 5.82 Å². The molecule has 2 aromatic heterocycles. The van der Waals surface area contributed by atoms with E-state index in [-0.39, 0.29) is 5.82 Å². The predicted molar refractivity (Wildman–Crippen MR) is 50.8 cm³/mol. The molecule has 0 unspecified atom stereocenters. The number of nitrogens with two attached hydrogens (primary N) is 1. The first-order valence-corrected chi connectivity index (χ1v) is 4.07. The minimum Gasteiger partial charge on any atom is -0.397 e. The van der Waals surface area contributed by atoms with Gasteiger partial charge in [-0.3, -0.25) is 9.67 Å². The van der Waals surface area contributed by atoms with Crippen LogP contribution in [0.15, 0.2) is 24.7 Å². The first-order chi connectivity index (χ1) is 6.70. The Balaban J connectivity index is 2.66. The second-order valence-electron chi connectivity index (χ2n) is 2.93. The van der Waals surface area contributed by atoms with Crippen molar-refractivity contribution in [3.8, 4) is 11.3 Å². The molecule has 72 valence electrons. The molecule has 2 rings (SSSR count). The van der Waals surface area contributed by atoms with Crippen LogP contribution < -0.4 is 5.73 Å². The molecule has 14 heavy (non-hydrogen) atoms. The van der Waals surface area contributed by atoms with Crippen LogP contribution in [0.2, 0.25) is 0 Å². The van der Waals surface area contributed by atoms with Gasteiger partial charge >= 0.3 is 0 Å². The van der Waals surface area contributed by atoms with Crippen LogP contribution in [0.4, 0.5) is 10.1 Å². The summed E-state index contributed by atoms with van der Waals surface area (Å²) in [5.74, 6) is -0.384. The van der Waals surface area contributed by atoms with Crippen LogP contribution in [0, 0.1) is 5.82 Å². The number of anilines is 1. The van der Waals surface area contributed by atoms with Gasteiger partial charge in [-0.25, -0.2) is 4.39 Å². The molecule has 5 heteroatoms. The Morgan fingerprint density at radius 3 is 2.79 bits per heavy atom. The van der Waals surface area contributed by atoms with Crippen LogP contribution in [-0.2, 0) is 7.05 Å². The fourth-order valence-corrected chi connectivity index (χ4v) is 1.34. The van der Waals surface area contributed by atoms with E-state index < -0.39 is 0 Å². The minimum atomic E-state index is -0.384. The topological polar surface area (TPSA) is 56.7 Å². The molecule has 2 N–H and O–H groups in total. The maximum absolute atomic E-state index is 13.3. The van der Waals surface area contributed by atoms with Gasteiger partial charge in [-0.1, -0.05) is 0 Å². The summed E-state index contributed by atoms with van der Waals surface area (Å²) in [6.45, 7) is 0. The standard InChI is InChI=1S/C9H9FN4/c1-14-9(7(10)4-13-14)6-2-3-12-5-8(6)11/h2-5H,11H2,1H3. The summed E-state index contributed by atoms with van der Waals surface area (Å²) in [5, 5.41) is 3.80. The monoisotopic (exact) mass is 192 g/mol. The van der Waals surface area contributed by atoms with Crippen molar-refractivity contribution >= 4 is 5.69 Å². The smallest absolute Gasteiger partial charge is 0.169 e. The van der Waals surface area contributed by atoms with E-state index in [1.807, 2.05) is 0 Å². The fraction of sp³-hybridized carbons (Fsp3) is 0.111. The Kier molecular flexibility index (Phi) is 1.92. The van der Waals surface area contributed by atoms with Crippen molar-refractivity contribution in [3.63, 3.8) is 0 Å². The van der Waals surface area contributed by atoms with Gasteiger partial charge in [0, 0.05) is 18.8 Å². The lowest BCUT2D eigenvalue weighted by Gasteiger charge is -2.04. The lowest BCUT2D eigenvalue weighted by atomic mass is 10.1. The molecule has 0 aliphatic rings. The van der Waals surface area contributed by atoms with Gasteiger partial charge in [-0.2, -0.15) is 5.10 Å². The summed E-state index contributed by atoms with van der Waals surface area (Å²) in [5.41, 5.74) is 7.11. The van der Waals surface area contributed by atoms with Crippen LogP contribution in [-0.4, -0.2) is 14.8 Å². The molecular formula is C9H9FN4. The molecular weight excluding hydrogens is 183 g/mol. The normalized spacial score (nSPS) is 10.4. The van der Waals surface area contributed by atoms with Crippen molar-refractivity contribution in [2.24, 2.45) is 7.05 Å². The molecule has 2 heterocycles. The van der Waals surface area contributed by atoms with Crippen molar-refractivity contribution in [1.29, 1.82) is 0 Å². The Morgan fingerprint density at radius 2 is 2.21 bits per heavy atom. The molecule has 4 nitrogen and oxygen atoms in total. The summed E-state index contributed by atoms with van der Waals surface area (Å²) < 4.78 is 14.8. The number of halogens is 1. The van der Waals surface area contributed by atoms with Gasteiger partial charge in [0.2, 0.25) is 0 Å². The number of aryl methyl sites for hydroxylation is 1. The maximum atomic E-state index is 13.3. The van der Waals surface area contributed by atoms with E-state index in [4.69, 9.17) is 5.73 Å². The lowest BCUT2D eigenvalue weighted by Crippen LogP contribution is -1.98. The third-order valence-corrected chi connectivity index (χ3v) is 2.00. The average molecular weight is 192 g/mol. The molecule has 0 radical (unpaired) electrons. The Bertz CT molecular complexity index is 444. The van der Waals surface area contributed by atoms with Crippen LogP contribution >= 0.6 is 0 Å². The fourth-order valence-electron chi connectivity index (χ4n) is 1.34. The molecule has 0 fully saturated rings. The minimum absolute atomic E-state index is 0.380. The van der Waals surface area contributed by atoms with Crippen LogP contribution in [0.5, 0.6) is 0 Å². The Morgan fingerprint density at radius 1 is 1.43 bits per heavy atom. The highest BCUT2D eigenvalue weighted by Gasteiger charge is 2.12. The van der Waals surface area contributed by atoms with Crippen molar-refractivity contribution in [3.05, 3.63) is 30.5 Å². The molecule has 0 saturated heterocycles. The highest BCUT2D eigenvalue weighted by molar-refractivity contribution is 5.73. The largest absolute Gasteiger partial charge is 0.397 e. The molecule has 0 amide bonds. The second kappa shape index (κ2) is 3.10. The van der Waals surface area contributed by atoms with Crippen LogP contribution in [0.3, 0.4) is 0 Å². The predicted octanol–water partition coefficient (Wildman–Crippen LogP) is 1.20. The molecule has 0 aromatic carbocycles. The van der Waals surface area contributed by atoms with E-state index in [1.165, 1.54) is 10.9 Å². The SMILES string of the molecule is Cn1ncc(F)c1-c1ccncc1N. The van der Waals surface area contributed by atoms with Crippen molar-refractivity contribution in [2.75, 3.05) is 5.73 Å². The summed E-state index contributed by atoms with van der Waals surface area (Å²) in [6, 6.07) is 1.66. The van der Waals surface area contributed by atoms with Crippen LogP contribution in [0.1, 0.15) is 0 Å². The number of rotatable bonds is 1. The highest BCUT2D eigenvalue weighted by atomic mass is 19.1. The number of aromatic nitrogens is 3. The van der Waals surface area contributed by atoms with Gasteiger partial charge in [-0.15, -0.1) is 0 Å². The summed E-state index contributed by atoms with van der Waals surface area (Å²) in [6.07, 6.45) is 4.22. The molecule has 0 saturated carbocycles. The first kappa shape index (κ1) is 8.68. The number of hydrogen-bond donors (Lipinski definition) is 1. The molecule has 0 atom stereocenters. The Hall–Kier alpha value is -1.91. The number of nitrogens with zero attached hydrogens (tertiary/aromatic N) is 3. The van der Waals surface area contributed by atoms with E-state index in [9.17, 15) is 4.39 Å². The van der Waals surface area contributed by atoms with E-state index >= 15 is 0 Å². The van der Waals surface area contributed by atoms with Crippen molar-refractivity contribution < 1.29 is 4.39 Å². The van der Waals surface area contributed by atoms with Crippen molar-refractivity contribution in [2.45, 2.75) is 0 Å². The summed E-state index contributed by atoms with van der Waals surface area (Å²) in [7, 11) is 1.66. The quantitative estimate of drug-likeness (QED) is 0.738. The summed E-state index contributed by atoms with van der Waals surface area (Å²) in [4.78, 5) is 3.84. The first-order valence-electron chi connectivity index (χ1n) is 4.07. The number of nitrogen functional groups attached to an aromatic ring is 1. The average Bonchev–Trinajstić information content (AvgIpc) is 2.48. The van der Waals surface area contributed by atoms with E-state index in [0.717, 1.165) is 6.20 Å². The zero-order valence-corrected chi connectivity index (χ0v) is 7.61. The number of hydrogen-bond acceptors (Lipinski definition) is 3. The molecule has 0 spiro atoms. The zero-order valence-electron chi connectivity index (χ0n) is 7.61. The summed E-state index contributed by atoms with van der Waals surface area (Å²) >= 11 is 0. The molecule has 0 bridgehead atoms. The lowest BCUT2D eigenvalue weighted by molar-refractivity contribution is 0.629. The van der Waals surface area contributed by atoms with Crippen LogP contribution in [0.25, 0.3) is 11.3 Å². The van der Waals surface area contributed by atoms with E-state index in [0.29, 0.717) is 16.9 Å². The highest BCUT2D eigenvalue weighted by Crippen LogP contribution is 2.26. The van der Waals surface area contributed by atoms with E-state index in [2.05, 4.69) is 10.1 Å². The molecule has 0 aliphatic heterocycles. The van der Waals surface area contributed by atoms with Crippen molar-refractivity contribution in [1.82, 2.24) is 14.8 Å². The van der Waals surface area contributed by atoms with Gasteiger partial charge in [0.05, 0.1) is 18.1 Å². The Labute approximate surface area is 80.2 Å². The maximum Gasteiger partial charge on any atom is 0.169 e. The zero-order chi connectivity index (χ0) is 10.1. The van der Waals surface area contributed by atoms with Gasteiger partial charge < -0.3 is 5.73 Å². The van der Waals surface area contributed by atoms with E-state index in [1.54, 1.807) is 19.3 Å². The third kappa shape index (κ3) is 1.22. The van der Waals surface area contributed by atoms with Gasteiger partial charge in [0.25, 0.3) is 0 Å². The van der Waals surface area contributed by atoms with Gasteiger partial charge in [0.1, 0.15) is 5.69 Å². The number of pyridine rings is 1. The third-order valence-electron chi connectivity index (χ3n) is 2.00. The molecule has 2 aromatic rings. The van der Waals surface area contributed by atoms with Gasteiger partial charge in [-0.05, 0) is 6.07 Å². The second-order valence-corrected chi connectivity index (χ2v) is 2.93.